The number of hydrogen-bond acceptors (Lipinski definition) is 2. The minimum Gasteiger partial charge on any atom is -0.393 e. The van der Waals surface area contributed by atoms with E-state index in [0.29, 0.717) is 24.9 Å². The van der Waals surface area contributed by atoms with Gasteiger partial charge in [0.2, 0.25) is 0 Å². The number of aryl methyl sites for hydroxylation is 1. The van der Waals surface area contributed by atoms with Crippen LogP contribution in [0.1, 0.15) is 35.7 Å². The number of hydrogen-bond donors (Lipinski definition) is 2. The molecule has 17 heavy (non-hydrogen) atoms. The van der Waals surface area contributed by atoms with E-state index in [1.807, 2.05) is 6.92 Å². The van der Waals surface area contributed by atoms with E-state index in [0.717, 1.165) is 5.56 Å². The number of carbonyl (C=O) groups is 1. The molecule has 0 radical (unpaired) electrons. The summed E-state index contributed by atoms with van der Waals surface area (Å²) in [5, 5.41) is 12.0. The van der Waals surface area contributed by atoms with Gasteiger partial charge in [0.15, 0.2) is 0 Å². The van der Waals surface area contributed by atoms with Gasteiger partial charge in [0, 0.05) is 12.1 Å². The molecule has 0 aliphatic carbocycles. The van der Waals surface area contributed by atoms with E-state index < -0.39 is 11.9 Å². The first-order valence-electron chi connectivity index (χ1n) is 5.77. The molecule has 1 unspecified atom stereocenters. The number of amides is 1. The van der Waals surface area contributed by atoms with Crippen molar-refractivity contribution in [2.75, 3.05) is 6.54 Å². The number of halogens is 1. The van der Waals surface area contributed by atoms with Crippen LogP contribution >= 0.6 is 0 Å². The molecule has 0 saturated carbocycles. The second kappa shape index (κ2) is 6.35. The van der Waals surface area contributed by atoms with Gasteiger partial charge in [0.1, 0.15) is 5.82 Å². The van der Waals surface area contributed by atoms with Crippen LogP contribution in [0.25, 0.3) is 0 Å². The van der Waals surface area contributed by atoms with E-state index in [1.165, 1.54) is 12.1 Å². The molecule has 0 fully saturated rings. The molecule has 4 heteroatoms. The van der Waals surface area contributed by atoms with Crippen LogP contribution in [0, 0.1) is 12.7 Å². The van der Waals surface area contributed by atoms with E-state index in [9.17, 15) is 14.3 Å². The summed E-state index contributed by atoms with van der Waals surface area (Å²) >= 11 is 0. The highest BCUT2D eigenvalue weighted by Crippen LogP contribution is 2.10. The summed E-state index contributed by atoms with van der Waals surface area (Å²) in [6, 6.07) is 4.12. The maximum Gasteiger partial charge on any atom is 0.251 e. The minimum absolute atomic E-state index is 0.301. The molecule has 94 valence electrons. The Bertz CT molecular complexity index is 393. The number of aliphatic hydroxyl groups excluding tert-OH is 1. The van der Waals surface area contributed by atoms with Gasteiger partial charge in [0.25, 0.3) is 5.91 Å². The molecule has 0 heterocycles. The molecular formula is C13H18FNO2. The fourth-order valence-corrected chi connectivity index (χ4v) is 1.49. The van der Waals surface area contributed by atoms with Gasteiger partial charge in [-0.25, -0.2) is 4.39 Å². The zero-order chi connectivity index (χ0) is 12.8. The average Bonchev–Trinajstić information content (AvgIpc) is 2.31. The molecule has 0 aliphatic rings. The van der Waals surface area contributed by atoms with Crippen LogP contribution in [-0.2, 0) is 0 Å². The Kier molecular flexibility index (Phi) is 5.10. The smallest absolute Gasteiger partial charge is 0.251 e. The van der Waals surface area contributed by atoms with E-state index in [2.05, 4.69) is 5.32 Å². The average molecular weight is 239 g/mol. The zero-order valence-electron chi connectivity index (χ0n) is 10.2. The summed E-state index contributed by atoms with van der Waals surface area (Å²) in [7, 11) is 0. The molecular weight excluding hydrogens is 221 g/mol. The molecule has 1 aromatic rings. The first-order chi connectivity index (χ1) is 8.04. The Morgan fingerprint density at radius 1 is 1.53 bits per heavy atom. The van der Waals surface area contributed by atoms with Crippen molar-refractivity contribution in [3.8, 4) is 0 Å². The van der Waals surface area contributed by atoms with Crippen molar-refractivity contribution in [3.63, 3.8) is 0 Å². The highest BCUT2D eigenvalue weighted by atomic mass is 19.1. The predicted molar refractivity (Wildman–Crippen MR) is 64.4 cm³/mol. The molecule has 1 aromatic carbocycles. The Morgan fingerprint density at radius 3 is 2.88 bits per heavy atom. The molecule has 0 spiro atoms. The van der Waals surface area contributed by atoms with Gasteiger partial charge in [0.05, 0.1) is 6.10 Å². The summed E-state index contributed by atoms with van der Waals surface area (Å²) in [6.45, 7) is 4.03. The lowest BCUT2D eigenvalue weighted by Crippen LogP contribution is -2.27. The standard InChI is InChI=1S/C13H18FNO2/c1-3-11(16)6-7-15-13(17)12-8-10(14)5-4-9(12)2/h4-5,8,11,16H,3,6-7H2,1-2H3,(H,15,17). The molecule has 2 N–H and O–H groups in total. The van der Waals surface area contributed by atoms with Crippen molar-refractivity contribution in [1.29, 1.82) is 0 Å². The maximum atomic E-state index is 13.0. The topological polar surface area (TPSA) is 49.3 Å². The largest absolute Gasteiger partial charge is 0.393 e. The van der Waals surface area contributed by atoms with Crippen molar-refractivity contribution in [3.05, 3.63) is 35.1 Å². The molecule has 0 saturated heterocycles. The maximum absolute atomic E-state index is 13.0. The summed E-state index contributed by atoms with van der Waals surface area (Å²) < 4.78 is 13.0. The van der Waals surface area contributed by atoms with Gasteiger partial charge in [-0.05, 0) is 37.5 Å². The van der Waals surface area contributed by atoms with Crippen molar-refractivity contribution >= 4 is 5.91 Å². The van der Waals surface area contributed by atoms with Gasteiger partial charge in [-0.1, -0.05) is 13.0 Å². The summed E-state index contributed by atoms with van der Waals surface area (Å²) in [5.74, 6) is -0.723. The van der Waals surface area contributed by atoms with E-state index in [-0.39, 0.29) is 5.91 Å². The molecule has 0 aliphatic heterocycles. The number of carbonyl (C=O) groups excluding carboxylic acids is 1. The highest BCUT2D eigenvalue weighted by Gasteiger charge is 2.10. The summed E-state index contributed by atoms with van der Waals surface area (Å²) in [6.07, 6.45) is 0.773. The molecule has 0 bridgehead atoms. The van der Waals surface area contributed by atoms with Gasteiger partial charge >= 0.3 is 0 Å². The number of nitrogens with one attached hydrogen (secondary N) is 1. The van der Waals surface area contributed by atoms with Crippen molar-refractivity contribution in [2.24, 2.45) is 0 Å². The van der Waals surface area contributed by atoms with E-state index >= 15 is 0 Å². The van der Waals surface area contributed by atoms with Gasteiger partial charge in [-0.15, -0.1) is 0 Å². The lowest BCUT2D eigenvalue weighted by Gasteiger charge is -2.10. The minimum atomic E-state index is -0.422. The zero-order valence-corrected chi connectivity index (χ0v) is 10.2. The van der Waals surface area contributed by atoms with Crippen LogP contribution in [0.4, 0.5) is 4.39 Å². The van der Waals surface area contributed by atoms with Crippen LogP contribution in [0.2, 0.25) is 0 Å². The number of rotatable bonds is 5. The Hall–Kier alpha value is -1.42. The second-order valence-corrected chi connectivity index (χ2v) is 4.07. The fourth-order valence-electron chi connectivity index (χ4n) is 1.49. The van der Waals surface area contributed by atoms with Gasteiger partial charge < -0.3 is 10.4 Å². The third kappa shape index (κ3) is 4.15. The molecule has 1 rings (SSSR count). The van der Waals surface area contributed by atoms with Crippen molar-refractivity contribution < 1.29 is 14.3 Å². The normalized spacial score (nSPS) is 12.2. The van der Waals surface area contributed by atoms with Crippen LogP contribution < -0.4 is 5.32 Å². The first kappa shape index (κ1) is 13.6. The SMILES string of the molecule is CCC(O)CCNC(=O)c1cc(F)ccc1C. The number of aliphatic hydroxyl groups is 1. The third-order valence-electron chi connectivity index (χ3n) is 2.68. The van der Waals surface area contributed by atoms with Crippen LogP contribution in [0.5, 0.6) is 0 Å². The Balaban J connectivity index is 2.55. The Morgan fingerprint density at radius 2 is 2.24 bits per heavy atom. The third-order valence-corrected chi connectivity index (χ3v) is 2.68. The summed E-state index contributed by atoms with van der Waals surface area (Å²) in [5.41, 5.74) is 1.08. The molecule has 3 nitrogen and oxygen atoms in total. The van der Waals surface area contributed by atoms with E-state index in [4.69, 9.17) is 0 Å². The fraction of sp³-hybridized carbons (Fsp3) is 0.462. The van der Waals surface area contributed by atoms with Gasteiger partial charge in [-0.2, -0.15) is 0 Å². The Labute approximate surface area is 101 Å². The second-order valence-electron chi connectivity index (χ2n) is 4.07. The van der Waals surface area contributed by atoms with Crippen LogP contribution in [0.3, 0.4) is 0 Å². The lowest BCUT2D eigenvalue weighted by molar-refractivity contribution is 0.0941. The molecule has 1 amide bonds. The number of benzene rings is 1. The van der Waals surface area contributed by atoms with Crippen molar-refractivity contribution in [1.82, 2.24) is 5.32 Å². The summed E-state index contributed by atoms with van der Waals surface area (Å²) in [4.78, 5) is 11.7. The van der Waals surface area contributed by atoms with Crippen molar-refractivity contribution in [2.45, 2.75) is 32.8 Å². The highest BCUT2D eigenvalue weighted by molar-refractivity contribution is 5.95. The molecule has 1 atom stereocenters. The molecule has 0 aromatic heterocycles. The van der Waals surface area contributed by atoms with Crippen LogP contribution in [-0.4, -0.2) is 23.7 Å². The predicted octanol–water partition coefficient (Wildman–Crippen LogP) is 2.02. The van der Waals surface area contributed by atoms with Crippen LogP contribution in [0.15, 0.2) is 18.2 Å². The van der Waals surface area contributed by atoms with E-state index in [1.54, 1.807) is 13.0 Å². The van der Waals surface area contributed by atoms with Gasteiger partial charge in [-0.3, -0.25) is 4.79 Å². The monoisotopic (exact) mass is 239 g/mol. The quantitative estimate of drug-likeness (QED) is 0.826. The lowest BCUT2D eigenvalue weighted by atomic mass is 10.1. The first-order valence-corrected chi connectivity index (χ1v) is 5.77.